The van der Waals surface area contributed by atoms with E-state index >= 15 is 0 Å². The van der Waals surface area contributed by atoms with Crippen LogP contribution in [0.1, 0.15) is 13.3 Å². The van der Waals surface area contributed by atoms with Gasteiger partial charge in [-0.15, -0.1) is 0 Å². The van der Waals surface area contributed by atoms with Gasteiger partial charge in [-0.1, -0.05) is 0 Å². The Hall–Kier alpha value is -2.14. The van der Waals surface area contributed by atoms with Crippen molar-refractivity contribution in [3.8, 4) is 0 Å². The molecule has 0 bridgehead atoms. The molecule has 1 aliphatic heterocycles. The van der Waals surface area contributed by atoms with E-state index in [9.17, 15) is 31.2 Å². The molecule has 0 aromatic heterocycles. The van der Waals surface area contributed by atoms with E-state index in [-0.39, 0.29) is 36.5 Å². The van der Waals surface area contributed by atoms with Crippen LogP contribution in [0, 0.1) is 17.5 Å². The zero-order valence-corrected chi connectivity index (χ0v) is 16.4. The second-order valence-electron chi connectivity index (χ2n) is 6.82. The Bertz CT molecular complexity index is 863. The highest BCUT2D eigenvalue weighted by Crippen LogP contribution is 2.19. The SMILES string of the molecule is CCN(C(=O)C[NH+](C)CC(=O)Nc1ccc(F)c(F)c1F)[C@@H]1CCS(=O)(=O)C1. The van der Waals surface area contributed by atoms with Gasteiger partial charge in [0.15, 0.2) is 40.4 Å². The minimum Gasteiger partial charge on any atom is -0.334 e. The van der Waals surface area contributed by atoms with E-state index in [0.717, 1.165) is 6.07 Å². The van der Waals surface area contributed by atoms with Gasteiger partial charge in [0.05, 0.1) is 24.2 Å². The van der Waals surface area contributed by atoms with Crippen LogP contribution < -0.4 is 10.2 Å². The number of hydrogen-bond donors (Lipinski definition) is 2. The molecule has 1 heterocycles. The second kappa shape index (κ2) is 8.91. The van der Waals surface area contributed by atoms with Crippen LogP contribution in [-0.2, 0) is 19.4 Å². The number of quaternary nitrogens is 1. The molecule has 2 rings (SSSR count). The van der Waals surface area contributed by atoms with Crippen LogP contribution in [0.5, 0.6) is 0 Å². The molecule has 7 nitrogen and oxygen atoms in total. The molecule has 11 heteroatoms. The number of hydrogen-bond acceptors (Lipinski definition) is 4. The number of anilines is 1. The molecule has 0 aliphatic carbocycles. The van der Waals surface area contributed by atoms with Crippen molar-refractivity contribution < 1.29 is 36.1 Å². The molecule has 0 radical (unpaired) electrons. The maximum Gasteiger partial charge on any atom is 0.279 e. The molecule has 2 atom stereocenters. The predicted octanol–water partition coefficient (Wildman–Crippen LogP) is -0.407. The number of halogens is 3. The number of carbonyl (C=O) groups excluding carboxylic acids is 2. The summed E-state index contributed by atoms with van der Waals surface area (Å²) in [5.41, 5.74) is -0.491. The average molecular weight is 422 g/mol. The Morgan fingerprint density at radius 3 is 2.46 bits per heavy atom. The lowest BCUT2D eigenvalue weighted by atomic mass is 10.2. The number of rotatable bonds is 7. The van der Waals surface area contributed by atoms with Gasteiger partial charge in [0.2, 0.25) is 0 Å². The van der Waals surface area contributed by atoms with E-state index in [1.165, 1.54) is 4.90 Å². The zero-order valence-electron chi connectivity index (χ0n) is 15.6. The summed E-state index contributed by atoms with van der Waals surface area (Å²) in [7, 11) is -1.57. The van der Waals surface area contributed by atoms with Crippen LogP contribution in [0.2, 0.25) is 0 Å². The van der Waals surface area contributed by atoms with Gasteiger partial charge < -0.3 is 15.1 Å². The van der Waals surface area contributed by atoms with Gasteiger partial charge in [0, 0.05) is 12.6 Å². The summed E-state index contributed by atoms with van der Waals surface area (Å²) < 4.78 is 63.0. The predicted molar refractivity (Wildman–Crippen MR) is 96.0 cm³/mol. The van der Waals surface area contributed by atoms with Gasteiger partial charge in [-0.05, 0) is 25.5 Å². The largest absolute Gasteiger partial charge is 0.334 e. The van der Waals surface area contributed by atoms with Crippen LogP contribution >= 0.6 is 0 Å². The number of benzene rings is 1. The van der Waals surface area contributed by atoms with Crippen molar-refractivity contribution in [2.75, 3.05) is 43.5 Å². The number of carbonyl (C=O) groups is 2. The van der Waals surface area contributed by atoms with E-state index < -0.39 is 38.9 Å². The van der Waals surface area contributed by atoms with Crippen molar-refractivity contribution in [2.24, 2.45) is 0 Å². The third-order valence-electron chi connectivity index (χ3n) is 4.53. The molecular weight excluding hydrogens is 399 g/mol. The van der Waals surface area contributed by atoms with Gasteiger partial charge in [-0.2, -0.15) is 0 Å². The summed E-state index contributed by atoms with van der Waals surface area (Å²) in [6.07, 6.45) is 0.386. The topological polar surface area (TPSA) is 88.0 Å². The van der Waals surface area contributed by atoms with Crippen molar-refractivity contribution in [2.45, 2.75) is 19.4 Å². The lowest BCUT2D eigenvalue weighted by Crippen LogP contribution is -3.11. The molecule has 1 fully saturated rings. The number of likely N-dealkylation sites (N-methyl/N-ethyl adjacent to an activating group) is 2. The van der Waals surface area contributed by atoms with Crippen molar-refractivity contribution >= 4 is 27.3 Å². The Morgan fingerprint density at radius 1 is 1.21 bits per heavy atom. The Kier molecular flexibility index (Phi) is 7.05. The Labute approximate surface area is 161 Å². The normalized spacial score (nSPS) is 19.2. The van der Waals surface area contributed by atoms with Crippen LogP contribution in [0.25, 0.3) is 0 Å². The van der Waals surface area contributed by atoms with Crippen molar-refractivity contribution in [3.63, 3.8) is 0 Å². The first-order valence-electron chi connectivity index (χ1n) is 8.78. The van der Waals surface area contributed by atoms with E-state index in [4.69, 9.17) is 0 Å². The lowest BCUT2D eigenvalue weighted by Gasteiger charge is -2.27. The van der Waals surface area contributed by atoms with Crippen LogP contribution in [-0.4, -0.2) is 69.4 Å². The molecule has 2 amide bonds. The molecular formula is C17H23F3N3O4S+. The molecule has 0 saturated carbocycles. The van der Waals surface area contributed by atoms with Gasteiger partial charge in [0.25, 0.3) is 11.8 Å². The fourth-order valence-corrected chi connectivity index (χ4v) is 4.90. The van der Waals surface area contributed by atoms with Gasteiger partial charge in [-0.25, -0.2) is 21.6 Å². The maximum atomic E-state index is 13.6. The third-order valence-corrected chi connectivity index (χ3v) is 6.29. The summed E-state index contributed by atoms with van der Waals surface area (Å²) in [6, 6.07) is 1.23. The van der Waals surface area contributed by atoms with Crippen LogP contribution in [0.15, 0.2) is 12.1 Å². The highest BCUT2D eigenvalue weighted by atomic mass is 32.2. The maximum absolute atomic E-state index is 13.6. The Morgan fingerprint density at radius 2 is 1.89 bits per heavy atom. The van der Waals surface area contributed by atoms with E-state index in [2.05, 4.69) is 5.32 Å². The molecule has 0 spiro atoms. The molecule has 1 aliphatic rings. The van der Waals surface area contributed by atoms with E-state index in [0.29, 0.717) is 23.9 Å². The minimum atomic E-state index is -3.13. The molecule has 2 N–H and O–H groups in total. The van der Waals surface area contributed by atoms with Crippen molar-refractivity contribution in [3.05, 3.63) is 29.6 Å². The summed E-state index contributed by atoms with van der Waals surface area (Å²) in [4.78, 5) is 26.5. The first-order chi connectivity index (χ1) is 13.0. The standard InChI is InChI=1S/C17H22F3N3O4S/c1-3-23(11-6-7-28(26,27)10-11)15(25)9-22(2)8-14(24)21-13-5-4-12(18)16(19)17(13)20/h4-5,11H,3,6-10H2,1-2H3,(H,21,24)/p+1/t11-/m1/s1. The van der Waals surface area contributed by atoms with Crippen LogP contribution in [0.3, 0.4) is 0 Å². The van der Waals surface area contributed by atoms with Gasteiger partial charge in [0.1, 0.15) is 0 Å². The average Bonchev–Trinajstić information content (AvgIpc) is 2.95. The first-order valence-corrected chi connectivity index (χ1v) is 10.6. The molecule has 156 valence electrons. The Balaban J connectivity index is 1.92. The van der Waals surface area contributed by atoms with Crippen molar-refractivity contribution in [1.82, 2.24) is 4.90 Å². The summed E-state index contributed by atoms with van der Waals surface area (Å²) in [6.45, 7) is 1.80. The number of nitrogens with one attached hydrogen (secondary N) is 2. The summed E-state index contributed by atoms with van der Waals surface area (Å²) >= 11 is 0. The fourth-order valence-electron chi connectivity index (χ4n) is 3.17. The molecule has 1 saturated heterocycles. The monoisotopic (exact) mass is 422 g/mol. The number of nitrogens with zero attached hydrogens (tertiary/aromatic N) is 1. The molecule has 1 aromatic rings. The van der Waals surface area contributed by atoms with Crippen LogP contribution in [0.4, 0.5) is 18.9 Å². The van der Waals surface area contributed by atoms with Gasteiger partial charge in [-0.3, -0.25) is 9.59 Å². The lowest BCUT2D eigenvalue weighted by molar-refractivity contribution is -0.862. The van der Waals surface area contributed by atoms with E-state index in [1.54, 1.807) is 14.0 Å². The molecule has 28 heavy (non-hydrogen) atoms. The quantitative estimate of drug-likeness (QED) is 0.585. The minimum absolute atomic E-state index is 0.0480. The highest BCUT2D eigenvalue weighted by molar-refractivity contribution is 7.91. The van der Waals surface area contributed by atoms with E-state index in [1.807, 2.05) is 0 Å². The molecule has 1 aromatic carbocycles. The summed E-state index contributed by atoms with van der Waals surface area (Å²) in [5.74, 6) is -5.54. The van der Waals surface area contributed by atoms with Gasteiger partial charge >= 0.3 is 0 Å². The number of sulfone groups is 1. The third kappa shape index (κ3) is 5.44. The number of amides is 2. The highest BCUT2D eigenvalue weighted by Gasteiger charge is 2.34. The second-order valence-corrected chi connectivity index (χ2v) is 9.05. The fraction of sp³-hybridized carbons (Fsp3) is 0.529. The first kappa shape index (κ1) is 22.2. The zero-order chi connectivity index (χ0) is 21.1. The molecule has 1 unspecified atom stereocenters. The van der Waals surface area contributed by atoms with Crippen molar-refractivity contribution in [1.29, 1.82) is 0 Å². The summed E-state index contributed by atoms with van der Waals surface area (Å²) in [5, 5.41) is 2.15. The smallest absolute Gasteiger partial charge is 0.279 e.